The van der Waals surface area contributed by atoms with Gasteiger partial charge in [0.1, 0.15) is 11.5 Å². The van der Waals surface area contributed by atoms with Crippen molar-refractivity contribution in [2.24, 2.45) is 0 Å². The van der Waals surface area contributed by atoms with Gasteiger partial charge in [0.2, 0.25) is 0 Å². The van der Waals surface area contributed by atoms with Crippen molar-refractivity contribution in [3.05, 3.63) is 86.3 Å². The third kappa shape index (κ3) is 3.95. The first-order valence-corrected chi connectivity index (χ1v) is 9.20. The molecule has 1 atom stereocenters. The number of nitrogens with one attached hydrogen (secondary N) is 2. The first-order valence-electron chi connectivity index (χ1n) is 9.20. The molecule has 2 aromatic heterocycles. The fourth-order valence-corrected chi connectivity index (χ4v) is 3.51. The van der Waals surface area contributed by atoms with E-state index >= 15 is 0 Å². The highest BCUT2D eigenvalue weighted by Gasteiger charge is 2.29. The number of hydrogen-bond acceptors (Lipinski definition) is 5. The first-order chi connectivity index (χ1) is 13.6. The summed E-state index contributed by atoms with van der Waals surface area (Å²) in [5, 5.41) is 0. The maximum atomic E-state index is 12.7. The van der Waals surface area contributed by atoms with Crippen molar-refractivity contribution in [1.29, 1.82) is 0 Å². The van der Waals surface area contributed by atoms with Crippen molar-refractivity contribution in [2.75, 3.05) is 13.1 Å². The van der Waals surface area contributed by atoms with Gasteiger partial charge < -0.3 is 14.3 Å². The topological polar surface area (TPSA) is 112 Å². The van der Waals surface area contributed by atoms with Crippen LogP contribution in [-0.4, -0.2) is 38.8 Å². The van der Waals surface area contributed by atoms with Crippen LogP contribution in [0, 0.1) is 0 Å². The van der Waals surface area contributed by atoms with E-state index in [4.69, 9.17) is 4.42 Å². The molecule has 8 nitrogen and oxygen atoms in total. The summed E-state index contributed by atoms with van der Waals surface area (Å²) in [6.07, 6.45) is 4.05. The molecule has 0 spiro atoms. The van der Waals surface area contributed by atoms with Gasteiger partial charge in [0, 0.05) is 25.6 Å². The Morgan fingerprint density at radius 2 is 2.04 bits per heavy atom. The summed E-state index contributed by atoms with van der Waals surface area (Å²) in [6.45, 7) is 0.987. The van der Waals surface area contributed by atoms with Crippen LogP contribution in [0.1, 0.15) is 46.5 Å². The van der Waals surface area contributed by atoms with Gasteiger partial charge in [-0.1, -0.05) is 30.3 Å². The third-order valence-electron chi connectivity index (χ3n) is 4.84. The number of carbonyl (C=O) groups is 1. The molecular formula is C20H20N4O4. The molecule has 0 saturated carbocycles. The summed E-state index contributed by atoms with van der Waals surface area (Å²) < 4.78 is 5.94. The Hall–Kier alpha value is -3.42. The van der Waals surface area contributed by atoms with Crippen molar-refractivity contribution < 1.29 is 9.21 Å². The molecular weight excluding hydrogens is 360 g/mol. The molecule has 144 valence electrons. The van der Waals surface area contributed by atoms with Gasteiger partial charge in [0.05, 0.1) is 12.1 Å². The number of nitrogens with zero attached hydrogens (tertiary/aromatic N) is 2. The van der Waals surface area contributed by atoms with Crippen LogP contribution in [0.5, 0.6) is 0 Å². The number of H-pyrrole nitrogens is 2. The molecule has 2 N–H and O–H groups in total. The number of carbonyl (C=O) groups excluding carboxylic acids is 1. The minimum absolute atomic E-state index is 0.00780. The van der Waals surface area contributed by atoms with Gasteiger partial charge in [-0.05, 0) is 18.4 Å². The van der Waals surface area contributed by atoms with E-state index in [-0.39, 0.29) is 17.5 Å². The average Bonchev–Trinajstić information content (AvgIpc) is 3.16. The summed E-state index contributed by atoms with van der Waals surface area (Å²) in [4.78, 5) is 46.1. The number of aromatic nitrogens is 3. The van der Waals surface area contributed by atoms with E-state index in [0.717, 1.165) is 30.2 Å². The zero-order valence-corrected chi connectivity index (χ0v) is 15.2. The largest absolute Gasteiger partial charge is 0.445 e. The van der Waals surface area contributed by atoms with Crippen LogP contribution in [-0.2, 0) is 6.42 Å². The highest BCUT2D eigenvalue weighted by Crippen LogP contribution is 2.27. The Kier molecular flexibility index (Phi) is 4.92. The SMILES string of the molecule is O=C(c1cc(=O)[nH]c(=O)[nH]1)N1CCCC(c2ncc(Cc3ccccc3)o2)C1. The smallest absolute Gasteiger partial charge is 0.326 e. The molecule has 1 aliphatic rings. The van der Waals surface area contributed by atoms with E-state index in [1.54, 1.807) is 11.1 Å². The summed E-state index contributed by atoms with van der Waals surface area (Å²) in [5.41, 5.74) is -0.156. The standard InChI is InChI=1S/C20H20N4O4/c25-17-10-16(22-20(27)23-17)19(26)24-8-4-7-14(12-24)18-21-11-15(28-18)9-13-5-2-1-3-6-13/h1-3,5-6,10-11,14H,4,7-9,12H2,(H2,22,23,25,27). The normalized spacial score (nSPS) is 16.9. The minimum atomic E-state index is -0.692. The summed E-state index contributed by atoms with van der Waals surface area (Å²) in [6, 6.07) is 11.1. The van der Waals surface area contributed by atoms with Crippen LogP contribution in [0.4, 0.5) is 0 Å². The Labute approximate surface area is 160 Å². The lowest BCUT2D eigenvalue weighted by Crippen LogP contribution is -2.41. The van der Waals surface area contributed by atoms with Crippen LogP contribution in [0.2, 0.25) is 0 Å². The lowest BCUT2D eigenvalue weighted by atomic mass is 9.97. The molecule has 1 aliphatic heterocycles. The minimum Gasteiger partial charge on any atom is -0.445 e. The number of aromatic amines is 2. The number of rotatable bonds is 4. The molecule has 1 fully saturated rings. The molecule has 1 unspecified atom stereocenters. The van der Waals surface area contributed by atoms with Crippen molar-refractivity contribution in [2.45, 2.75) is 25.2 Å². The van der Waals surface area contributed by atoms with Gasteiger partial charge in [-0.3, -0.25) is 14.6 Å². The molecule has 4 rings (SSSR count). The second-order valence-electron chi connectivity index (χ2n) is 6.92. The van der Waals surface area contributed by atoms with E-state index in [9.17, 15) is 14.4 Å². The number of amides is 1. The molecule has 0 aliphatic carbocycles. The van der Waals surface area contributed by atoms with Gasteiger partial charge >= 0.3 is 5.69 Å². The van der Waals surface area contributed by atoms with Crippen LogP contribution in [0.3, 0.4) is 0 Å². The molecule has 28 heavy (non-hydrogen) atoms. The maximum Gasteiger partial charge on any atom is 0.326 e. The zero-order chi connectivity index (χ0) is 19.5. The molecule has 0 bridgehead atoms. The highest BCUT2D eigenvalue weighted by molar-refractivity contribution is 5.92. The lowest BCUT2D eigenvalue weighted by molar-refractivity contribution is 0.0691. The van der Waals surface area contributed by atoms with Crippen LogP contribution >= 0.6 is 0 Å². The number of benzene rings is 1. The van der Waals surface area contributed by atoms with Crippen molar-refractivity contribution in [1.82, 2.24) is 19.9 Å². The van der Waals surface area contributed by atoms with E-state index in [1.807, 2.05) is 30.3 Å². The predicted octanol–water partition coefficient (Wildman–Crippen LogP) is 1.66. The number of hydrogen-bond donors (Lipinski definition) is 2. The van der Waals surface area contributed by atoms with E-state index < -0.39 is 11.2 Å². The first kappa shape index (κ1) is 18.0. The van der Waals surface area contributed by atoms with Gasteiger partial charge in [-0.25, -0.2) is 9.78 Å². The fraction of sp³-hybridized carbons (Fsp3) is 0.300. The second kappa shape index (κ2) is 7.67. The summed E-state index contributed by atoms with van der Waals surface area (Å²) >= 11 is 0. The monoisotopic (exact) mass is 380 g/mol. The second-order valence-corrected chi connectivity index (χ2v) is 6.92. The number of piperidine rings is 1. The Morgan fingerprint density at radius 3 is 2.82 bits per heavy atom. The van der Waals surface area contributed by atoms with Gasteiger partial charge in [-0.2, -0.15) is 0 Å². The average molecular weight is 380 g/mol. The molecule has 1 aromatic carbocycles. The van der Waals surface area contributed by atoms with E-state index in [1.165, 1.54) is 0 Å². The highest BCUT2D eigenvalue weighted by atomic mass is 16.4. The van der Waals surface area contributed by atoms with Crippen LogP contribution in [0.25, 0.3) is 0 Å². The lowest BCUT2D eigenvalue weighted by Gasteiger charge is -2.31. The summed E-state index contributed by atoms with van der Waals surface area (Å²) in [7, 11) is 0. The Morgan fingerprint density at radius 1 is 1.21 bits per heavy atom. The van der Waals surface area contributed by atoms with Gasteiger partial charge in [-0.15, -0.1) is 0 Å². The Balaban J connectivity index is 1.47. The van der Waals surface area contributed by atoms with Crippen molar-refractivity contribution in [3.8, 4) is 0 Å². The van der Waals surface area contributed by atoms with Gasteiger partial charge in [0.25, 0.3) is 11.5 Å². The van der Waals surface area contributed by atoms with E-state index in [2.05, 4.69) is 15.0 Å². The third-order valence-corrected chi connectivity index (χ3v) is 4.84. The molecule has 1 saturated heterocycles. The van der Waals surface area contributed by atoms with Crippen molar-refractivity contribution >= 4 is 5.91 Å². The Bertz CT molecular complexity index is 1050. The number of oxazole rings is 1. The molecule has 8 heteroatoms. The molecule has 0 radical (unpaired) electrons. The predicted molar refractivity (Wildman–Crippen MR) is 101 cm³/mol. The quantitative estimate of drug-likeness (QED) is 0.715. The molecule has 1 amide bonds. The number of likely N-dealkylation sites (tertiary alicyclic amines) is 1. The molecule has 3 aromatic rings. The molecule has 3 heterocycles. The summed E-state index contributed by atoms with van der Waals surface area (Å²) in [5.74, 6) is 1.01. The van der Waals surface area contributed by atoms with Crippen molar-refractivity contribution in [3.63, 3.8) is 0 Å². The van der Waals surface area contributed by atoms with Crippen LogP contribution < -0.4 is 11.2 Å². The zero-order valence-electron chi connectivity index (χ0n) is 15.2. The van der Waals surface area contributed by atoms with Gasteiger partial charge in [0.15, 0.2) is 5.89 Å². The maximum absolute atomic E-state index is 12.7. The fourth-order valence-electron chi connectivity index (χ4n) is 3.51. The van der Waals surface area contributed by atoms with E-state index in [0.29, 0.717) is 25.4 Å². The van der Waals surface area contributed by atoms with Crippen LogP contribution in [0.15, 0.2) is 56.6 Å².